The van der Waals surface area contributed by atoms with E-state index in [-0.39, 0.29) is 22.8 Å². The van der Waals surface area contributed by atoms with Crippen molar-refractivity contribution in [3.8, 4) is 11.8 Å². The normalized spacial score (nSPS) is 18.4. The highest BCUT2D eigenvalue weighted by Crippen LogP contribution is 2.37. The van der Waals surface area contributed by atoms with E-state index in [9.17, 15) is 22.0 Å². The molecular weight excluding hydrogens is 419 g/mol. The molecule has 0 N–H and O–H groups in total. The van der Waals surface area contributed by atoms with Crippen LogP contribution in [0.2, 0.25) is 0 Å². The number of aryl methyl sites for hydroxylation is 1. The molecule has 1 aliphatic carbocycles. The maximum absolute atomic E-state index is 14.3. The van der Waals surface area contributed by atoms with E-state index in [0.29, 0.717) is 17.4 Å². The molecule has 0 bridgehead atoms. The highest BCUT2D eigenvalue weighted by Gasteiger charge is 2.22. The monoisotopic (exact) mass is 442 g/mol. The van der Waals surface area contributed by atoms with Gasteiger partial charge in [0, 0.05) is 11.3 Å². The van der Waals surface area contributed by atoms with Crippen molar-refractivity contribution in [3.05, 3.63) is 82.2 Å². The molecule has 32 heavy (non-hydrogen) atoms. The first-order valence-electron chi connectivity index (χ1n) is 10.9. The minimum atomic E-state index is -1.46. The number of halogens is 5. The molecule has 0 aromatic heterocycles. The van der Waals surface area contributed by atoms with Crippen LogP contribution in [-0.4, -0.2) is 0 Å². The van der Waals surface area contributed by atoms with Crippen LogP contribution in [0.3, 0.4) is 0 Å². The van der Waals surface area contributed by atoms with Crippen LogP contribution in [0.5, 0.6) is 0 Å². The minimum Gasteiger partial charge on any atom is -0.206 e. The lowest BCUT2D eigenvalue weighted by molar-refractivity contribution is 0.385. The van der Waals surface area contributed by atoms with Gasteiger partial charge in [-0.15, -0.1) is 0 Å². The molecule has 0 unspecified atom stereocenters. The molecule has 0 aliphatic heterocycles. The summed E-state index contributed by atoms with van der Waals surface area (Å²) in [5.74, 6) is 0.862. The van der Waals surface area contributed by atoms with Gasteiger partial charge in [0.05, 0.1) is 5.56 Å². The second kappa shape index (κ2) is 9.32. The zero-order chi connectivity index (χ0) is 22.8. The number of benzene rings is 3. The molecule has 1 aliphatic rings. The molecule has 4 rings (SSSR count). The van der Waals surface area contributed by atoms with Crippen molar-refractivity contribution in [1.82, 2.24) is 0 Å². The molecule has 0 heterocycles. The molecule has 0 amide bonds. The van der Waals surface area contributed by atoms with Crippen molar-refractivity contribution in [2.45, 2.75) is 51.4 Å². The summed E-state index contributed by atoms with van der Waals surface area (Å²) >= 11 is 0. The SMILES string of the molecule is CCCc1cc(F)c(C#CC2CCC(c3ccc4c(F)c(F)c(F)cc4c3)CC2)c(F)c1. The van der Waals surface area contributed by atoms with Crippen LogP contribution in [0.25, 0.3) is 10.8 Å². The van der Waals surface area contributed by atoms with Gasteiger partial charge in [0.15, 0.2) is 17.5 Å². The largest absolute Gasteiger partial charge is 0.206 e. The molecule has 5 heteroatoms. The molecule has 166 valence electrons. The molecular formula is C27H23F5. The third kappa shape index (κ3) is 4.50. The molecule has 1 saturated carbocycles. The second-order valence-electron chi connectivity index (χ2n) is 8.47. The number of hydrogen-bond donors (Lipinski definition) is 0. The van der Waals surface area contributed by atoms with Crippen molar-refractivity contribution in [1.29, 1.82) is 0 Å². The first-order valence-corrected chi connectivity index (χ1v) is 10.9. The van der Waals surface area contributed by atoms with Crippen molar-refractivity contribution in [2.75, 3.05) is 0 Å². The third-order valence-electron chi connectivity index (χ3n) is 6.24. The predicted octanol–water partition coefficient (Wildman–Crippen LogP) is 7.81. The Balaban J connectivity index is 1.46. The van der Waals surface area contributed by atoms with Crippen LogP contribution >= 0.6 is 0 Å². The lowest BCUT2D eigenvalue weighted by Crippen LogP contribution is -2.12. The molecule has 0 radical (unpaired) electrons. The summed E-state index contributed by atoms with van der Waals surface area (Å²) in [7, 11) is 0. The summed E-state index contributed by atoms with van der Waals surface area (Å²) in [6, 6.07) is 8.67. The van der Waals surface area contributed by atoms with Gasteiger partial charge in [-0.05, 0) is 72.7 Å². The maximum atomic E-state index is 14.3. The molecule has 0 spiro atoms. The Hall–Kier alpha value is -2.87. The van der Waals surface area contributed by atoms with Gasteiger partial charge in [-0.3, -0.25) is 0 Å². The van der Waals surface area contributed by atoms with E-state index in [1.165, 1.54) is 18.2 Å². The Morgan fingerprint density at radius 2 is 1.50 bits per heavy atom. The van der Waals surface area contributed by atoms with Crippen LogP contribution in [0.15, 0.2) is 36.4 Å². The molecule has 0 saturated heterocycles. The summed E-state index contributed by atoms with van der Waals surface area (Å²) in [5, 5.41) is 0.388. The number of hydrogen-bond acceptors (Lipinski definition) is 0. The first kappa shape index (κ1) is 22.3. The van der Waals surface area contributed by atoms with E-state index in [2.05, 4.69) is 11.8 Å². The molecule has 1 fully saturated rings. The van der Waals surface area contributed by atoms with Gasteiger partial charge in [0.25, 0.3) is 0 Å². The Morgan fingerprint density at radius 3 is 2.16 bits per heavy atom. The highest BCUT2D eigenvalue weighted by molar-refractivity contribution is 5.84. The first-order chi connectivity index (χ1) is 15.4. The lowest BCUT2D eigenvalue weighted by atomic mass is 9.78. The summed E-state index contributed by atoms with van der Waals surface area (Å²) in [4.78, 5) is 0. The Labute approximate surface area is 184 Å². The smallest absolute Gasteiger partial charge is 0.195 e. The van der Waals surface area contributed by atoms with Gasteiger partial charge in [0.2, 0.25) is 0 Å². The van der Waals surface area contributed by atoms with Crippen molar-refractivity contribution in [3.63, 3.8) is 0 Å². The Morgan fingerprint density at radius 1 is 0.812 bits per heavy atom. The predicted molar refractivity (Wildman–Crippen MR) is 116 cm³/mol. The van der Waals surface area contributed by atoms with Gasteiger partial charge >= 0.3 is 0 Å². The molecule has 3 aromatic rings. The average molecular weight is 442 g/mol. The van der Waals surface area contributed by atoms with Gasteiger partial charge in [-0.2, -0.15) is 0 Å². The Kier molecular flexibility index (Phi) is 6.50. The van der Waals surface area contributed by atoms with E-state index in [0.717, 1.165) is 43.7 Å². The van der Waals surface area contributed by atoms with Gasteiger partial charge in [-0.1, -0.05) is 43.4 Å². The molecule has 3 aromatic carbocycles. The van der Waals surface area contributed by atoms with Gasteiger partial charge < -0.3 is 0 Å². The van der Waals surface area contributed by atoms with E-state index >= 15 is 0 Å². The van der Waals surface area contributed by atoms with E-state index < -0.39 is 29.1 Å². The summed E-state index contributed by atoms with van der Waals surface area (Å²) < 4.78 is 69.5. The van der Waals surface area contributed by atoms with Crippen LogP contribution < -0.4 is 0 Å². The summed E-state index contributed by atoms with van der Waals surface area (Å²) in [6.45, 7) is 1.95. The van der Waals surface area contributed by atoms with Crippen LogP contribution in [0.4, 0.5) is 22.0 Å². The third-order valence-corrected chi connectivity index (χ3v) is 6.24. The highest BCUT2D eigenvalue weighted by atomic mass is 19.2. The zero-order valence-corrected chi connectivity index (χ0v) is 17.8. The minimum absolute atomic E-state index is 0.0322. The van der Waals surface area contributed by atoms with Crippen LogP contribution in [0.1, 0.15) is 61.6 Å². The number of fused-ring (bicyclic) bond motifs is 1. The number of rotatable bonds is 3. The zero-order valence-electron chi connectivity index (χ0n) is 17.8. The van der Waals surface area contributed by atoms with Crippen molar-refractivity contribution in [2.24, 2.45) is 5.92 Å². The van der Waals surface area contributed by atoms with E-state index in [1.54, 1.807) is 12.1 Å². The van der Waals surface area contributed by atoms with E-state index in [1.807, 2.05) is 6.92 Å². The fourth-order valence-electron chi connectivity index (χ4n) is 4.50. The summed E-state index contributed by atoms with van der Waals surface area (Å²) in [6.07, 6.45) is 4.56. The van der Waals surface area contributed by atoms with Crippen molar-refractivity contribution < 1.29 is 22.0 Å². The lowest BCUT2D eigenvalue weighted by Gasteiger charge is -2.26. The molecule has 0 atom stereocenters. The maximum Gasteiger partial charge on any atom is 0.195 e. The fourth-order valence-corrected chi connectivity index (χ4v) is 4.50. The van der Waals surface area contributed by atoms with E-state index in [4.69, 9.17) is 0 Å². The summed E-state index contributed by atoms with van der Waals surface area (Å²) in [5.41, 5.74) is 1.39. The van der Waals surface area contributed by atoms with Crippen LogP contribution in [-0.2, 0) is 6.42 Å². The topological polar surface area (TPSA) is 0 Å². The van der Waals surface area contributed by atoms with Crippen molar-refractivity contribution >= 4 is 10.8 Å². The van der Waals surface area contributed by atoms with Gasteiger partial charge in [0.1, 0.15) is 11.6 Å². The molecule has 0 nitrogen and oxygen atoms in total. The quantitative estimate of drug-likeness (QED) is 0.220. The van der Waals surface area contributed by atoms with Gasteiger partial charge in [-0.25, -0.2) is 22.0 Å². The standard InChI is InChI=1S/C27H23F5/c1-2-3-17-12-23(28)22(24(29)13-17)10-6-16-4-7-18(8-5-16)19-9-11-21-20(14-19)15-25(30)27(32)26(21)31/h9,11-16,18H,2-5,7-8H2,1H3. The second-order valence-corrected chi connectivity index (χ2v) is 8.47. The van der Waals surface area contributed by atoms with Crippen LogP contribution in [0, 0.1) is 46.8 Å². The fraction of sp³-hybridized carbons (Fsp3) is 0.333. The Bertz CT molecular complexity index is 1190. The average Bonchev–Trinajstić information content (AvgIpc) is 2.77.